The average Bonchev–Trinajstić information content (AvgIpc) is 2.91. The molecule has 1 aliphatic rings. The van der Waals surface area contributed by atoms with Gasteiger partial charge in [-0.15, -0.1) is 0 Å². The van der Waals surface area contributed by atoms with Crippen molar-refractivity contribution in [2.45, 2.75) is 57.6 Å². The van der Waals surface area contributed by atoms with Gasteiger partial charge in [-0.3, -0.25) is 0 Å². The molecule has 1 aromatic rings. The molecular weight excluding hydrogens is 253 g/mol. The highest BCUT2D eigenvalue weighted by atomic mass is 19.1. The van der Waals surface area contributed by atoms with Crippen molar-refractivity contribution in [1.82, 2.24) is 5.32 Å². The second-order valence-corrected chi connectivity index (χ2v) is 5.61. The summed E-state index contributed by atoms with van der Waals surface area (Å²) >= 11 is 0. The summed E-state index contributed by atoms with van der Waals surface area (Å²) in [6.45, 7) is 5.72. The van der Waals surface area contributed by atoms with E-state index in [1.807, 2.05) is 19.1 Å². The van der Waals surface area contributed by atoms with Gasteiger partial charge in [-0.05, 0) is 38.8 Å². The molecular formula is C17H26FNO. The second kappa shape index (κ2) is 7.19. The van der Waals surface area contributed by atoms with Gasteiger partial charge >= 0.3 is 0 Å². The summed E-state index contributed by atoms with van der Waals surface area (Å²) in [6, 6.07) is 7.04. The SMILES string of the molecule is CCCNC(c1ccccc1F)C1(OCC)CCCC1. The predicted molar refractivity (Wildman–Crippen MR) is 80.3 cm³/mol. The lowest BCUT2D eigenvalue weighted by Crippen LogP contribution is -2.45. The lowest BCUT2D eigenvalue weighted by Gasteiger charge is -2.38. The van der Waals surface area contributed by atoms with Crippen molar-refractivity contribution in [3.63, 3.8) is 0 Å². The van der Waals surface area contributed by atoms with E-state index >= 15 is 0 Å². The zero-order valence-corrected chi connectivity index (χ0v) is 12.6. The van der Waals surface area contributed by atoms with E-state index in [1.165, 1.54) is 12.8 Å². The standard InChI is InChI=1S/C17H26FNO/c1-3-13-19-16(14-9-5-6-10-15(14)18)17(20-4-2)11-7-8-12-17/h5-6,9-10,16,19H,3-4,7-8,11-13H2,1-2H3. The van der Waals surface area contributed by atoms with Crippen LogP contribution in [0.1, 0.15) is 57.6 Å². The van der Waals surface area contributed by atoms with Gasteiger partial charge in [0.2, 0.25) is 0 Å². The molecule has 1 saturated carbocycles. The van der Waals surface area contributed by atoms with Crippen LogP contribution in [-0.4, -0.2) is 18.8 Å². The summed E-state index contributed by atoms with van der Waals surface area (Å²) in [7, 11) is 0. The monoisotopic (exact) mass is 279 g/mol. The molecule has 1 aliphatic carbocycles. The summed E-state index contributed by atoms with van der Waals surface area (Å²) < 4.78 is 20.4. The molecule has 0 saturated heterocycles. The van der Waals surface area contributed by atoms with Gasteiger partial charge in [-0.25, -0.2) is 4.39 Å². The van der Waals surface area contributed by atoms with Gasteiger partial charge in [-0.2, -0.15) is 0 Å². The van der Waals surface area contributed by atoms with Crippen LogP contribution in [-0.2, 0) is 4.74 Å². The molecule has 0 aromatic heterocycles. The molecule has 1 aromatic carbocycles. The van der Waals surface area contributed by atoms with Crippen molar-refractivity contribution in [3.05, 3.63) is 35.6 Å². The van der Waals surface area contributed by atoms with E-state index in [9.17, 15) is 4.39 Å². The Morgan fingerprint density at radius 3 is 2.55 bits per heavy atom. The van der Waals surface area contributed by atoms with Crippen LogP contribution >= 0.6 is 0 Å². The van der Waals surface area contributed by atoms with Crippen LogP contribution in [0.2, 0.25) is 0 Å². The van der Waals surface area contributed by atoms with Crippen LogP contribution < -0.4 is 5.32 Å². The fourth-order valence-corrected chi connectivity index (χ4v) is 3.35. The van der Waals surface area contributed by atoms with Gasteiger partial charge in [0, 0.05) is 12.2 Å². The number of nitrogens with one attached hydrogen (secondary N) is 1. The molecule has 3 heteroatoms. The zero-order valence-electron chi connectivity index (χ0n) is 12.6. The van der Waals surface area contributed by atoms with Crippen molar-refractivity contribution >= 4 is 0 Å². The maximum absolute atomic E-state index is 14.2. The molecule has 0 heterocycles. The Kier molecular flexibility index (Phi) is 5.55. The quantitative estimate of drug-likeness (QED) is 0.807. The van der Waals surface area contributed by atoms with Crippen molar-refractivity contribution in [3.8, 4) is 0 Å². The first kappa shape index (κ1) is 15.5. The van der Waals surface area contributed by atoms with Gasteiger partial charge < -0.3 is 10.1 Å². The summed E-state index contributed by atoms with van der Waals surface area (Å²) in [4.78, 5) is 0. The maximum atomic E-state index is 14.2. The van der Waals surface area contributed by atoms with Crippen molar-refractivity contribution in [1.29, 1.82) is 0 Å². The minimum atomic E-state index is -0.244. The first-order valence-corrected chi connectivity index (χ1v) is 7.85. The third kappa shape index (κ3) is 3.21. The molecule has 0 aliphatic heterocycles. The number of benzene rings is 1. The summed E-state index contributed by atoms with van der Waals surface area (Å²) in [6.07, 6.45) is 5.39. The maximum Gasteiger partial charge on any atom is 0.128 e. The Labute approximate surface area is 121 Å². The molecule has 1 atom stereocenters. The third-order valence-corrected chi connectivity index (χ3v) is 4.22. The number of hydrogen-bond donors (Lipinski definition) is 1. The van der Waals surface area contributed by atoms with Crippen molar-refractivity contribution in [2.24, 2.45) is 0 Å². The van der Waals surface area contributed by atoms with E-state index in [2.05, 4.69) is 12.2 Å². The highest BCUT2D eigenvalue weighted by Gasteiger charge is 2.43. The van der Waals surface area contributed by atoms with Gasteiger partial charge in [-0.1, -0.05) is 38.0 Å². The third-order valence-electron chi connectivity index (χ3n) is 4.22. The highest BCUT2D eigenvalue weighted by molar-refractivity contribution is 5.25. The first-order chi connectivity index (χ1) is 9.73. The lowest BCUT2D eigenvalue weighted by atomic mass is 9.86. The number of ether oxygens (including phenoxy) is 1. The smallest absolute Gasteiger partial charge is 0.128 e. The van der Waals surface area contributed by atoms with E-state index in [0.717, 1.165) is 31.4 Å². The molecule has 1 unspecified atom stereocenters. The second-order valence-electron chi connectivity index (χ2n) is 5.61. The van der Waals surface area contributed by atoms with E-state index in [-0.39, 0.29) is 17.5 Å². The summed E-state index contributed by atoms with van der Waals surface area (Å²) in [5.74, 6) is -0.132. The van der Waals surface area contributed by atoms with Crippen molar-refractivity contribution in [2.75, 3.05) is 13.2 Å². The topological polar surface area (TPSA) is 21.3 Å². The van der Waals surface area contributed by atoms with E-state index in [0.29, 0.717) is 6.61 Å². The van der Waals surface area contributed by atoms with Crippen LogP contribution in [0.15, 0.2) is 24.3 Å². The Morgan fingerprint density at radius 1 is 1.25 bits per heavy atom. The van der Waals surface area contributed by atoms with Crippen LogP contribution in [0.25, 0.3) is 0 Å². The number of halogens is 1. The molecule has 0 spiro atoms. The molecule has 1 fully saturated rings. The summed E-state index contributed by atoms with van der Waals surface area (Å²) in [5, 5.41) is 3.53. The van der Waals surface area contributed by atoms with Crippen LogP contribution in [0.4, 0.5) is 4.39 Å². The highest BCUT2D eigenvalue weighted by Crippen LogP contribution is 2.43. The van der Waals surface area contributed by atoms with E-state index < -0.39 is 0 Å². The van der Waals surface area contributed by atoms with E-state index in [1.54, 1.807) is 12.1 Å². The summed E-state index contributed by atoms with van der Waals surface area (Å²) in [5.41, 5.74) is 0.503. The van der Waals surface area contributed by atoms with Crippen LogP contribution in [0, 0.1) is 5.82 Å². The molecule has 2 nitrogen and oxygen atoms in total. The molecule has 2 rings (SSSR count). The molecule has 0 bridgehead atoms. The van der Waals surface area contributed by atoms with Crippen LogP contribution in [0.3, 0.4) is 0 Å². The van der Waals surface area contributed by atoms with Gasteiger partial charge in [0.05, 0.1) is 11.6 Å². The number of hydrogen-bond acceptors (Lipinski definition) is 2. The Morgan fingerprint density at radius 2 is 1.95 bits per heavy atom. The fourth-order valence-electron chi connectivity index (χ4n) is 3.35. The molecule has 1 N–H and O–H groups in total. The van der Waals surface area contributed by atoms with Gasteiger partial charge in [0.25, 0.3) is 0 Å². The predicted octanol–water partition coefficient (Wildman–Crippen LogP) is 4.22. The lowest BCUT2D eigenvalue weighted by molar-refractivity contribution is -0.0633. The Balaban J connectivity index is 2.33. The molecule has 0 amide bonds. The van der Waals surface area contributed by atoms with Gasteiger partial charge in [0.1, 0.15) is 5.82 Å². The fraction of sp³-hybridized carbons (Fsp3) is 0.647. The Bertz CT molecular complexity index is 415. The molecule has 20 heavy (non-hydrogen) atoms. The van der Waals surface area contributed by atoms with Gasteiger partial charge in [0.15, 0.2) is 0 Å². The molecule has 112 valence electrons. The average molecular weight is 279 g/mol. The zero-order chi connectivity index (χ0) is 14.4. The first-order valence-electron chi connectivity index (χ1n) is 7.85. The normalized spacial score (nSPS) is 19.1. The van der Waals surface area contributed by atoms with Crippen molar-refractivity contribution < 1.29 is 9.13 Å². The molecule has 0 radical (unpaired) electrons. The van der Waals surface area contributed by atoms with E-state index in [4.69, 9.17) is 4.74 Å². The largest absolute Gasteiger partial charge is 0.373 e. The Hall–Kier alpha value is -0.930. The minimum absolute atomic E-state index is 0.0499. The van der Waals surface area contributed by atoms with Crippen LogP contribution in [0.5, 0.6) is 0 Å². The number of rotatable bonds is 7. The minimum Gasteiger partial charge on any atom is -0.373 e.